The Bertz CT molecular complexity index is 635. The maximum absolute atomic E-state index is 13.4. The average molecular weight is 294 g/mol. The van der Waals surface area contributed by atoms with Crippen molar-refractivity contribution in [2.24, 2.45) is 0 Å². The third-order valence-corrected chi connectivity index (χ3v) is 3.56. The van der Waals surface area contributed by atoms with Crippen molar-refractivity contribution >= 4 is 17.5 Å². The molecule has 0 bridgehead atoms. The fourth-order valence-electron chi connectivity index (χ4n) is 2.45. The lowest BCUT2D eigenvalue weighted by atomic mass is 10.2. The topological polar surface area (TPSA) is 46.9 Å². The number of hydrogen-bond acceptors (Lipinski definition) is 2. The van der Waals surface area contributed by atoms with Gasteiger partial charge in [0, 0.05) is 42.0 Å². The van der Waals surface area contributed by atoms with E-state index in [0.717, 1.165) is 6.42 Å². The molecule has 0 saturated carbocycles. The number of nitrogens with one attached hydrogen (secondary N) is 1. The van der Waals surface area contributed by atoms with Crippen molar-refractivity contribution in [3.63, 3.8) is 0 Å². The summed E-state index contributed by atoms with van der Waals surface area (Å²) in [5.74, 6) is 0.328. The molecule has 1 aromatic heterocycles. The lowest BCUT2D eigenvalue weighted by Gasteiger charge is -2.13. The van der Waals surface area contributed by atoms with E-state index in [1.807, 2.05) is 10.8 Å². The minimum atomic E-state index is -0.392. The Kier molecular flexibility index (Phi) is 3.44. The molecule has 1 amide bonds. The molecule has 0 radical (unpaired) electrons. The maximum atomic E-state index is 13.4. The van der Waals surface area contributed by atoms with E-state index in [2.05, 4.69) is 10.3 Å². The molecule has 1 fully saturated rings. The molecule has 1 saturated heterocycles. The number of benzene rings is 1. The highest BCUT2D eigenvalue weighted by Crippen LogP contribution is 2.24. The minimum Gasteiger partial charge on any atom is -0.352 e. The largest absolute Gasteiger partial charge is 0.352 e. The molecule has 3 rings (SSSR count). The molecule has 1 aromatic carbocycles. The van der Waals surface area contributed by atoms with Crippen LogP contribution in [0.15, 0.2) is 30.6 Å². The first-order valence-electron chi connectivity index (χ1n) is 6.39. The van der Waals surface area contributed by atoms with Crippen molar-refractivity contribution in [1.82, 2.24) is 14.9 Å². The number of hydrogen-bond donors (Lipinski definition) is 1. The van der Waals surface area contributed by atoms with E-state index in [4.69, 9.17) is 11.6 Å². The molecule has 1 aliphatic rings. The summed E-state index contributed by atoms with van der Waals surface area (Å²) < 4.78 is 15.3. The first kappa shape index (κ1) is 13.1. The van der Waals surface area contributed by atoms with E-state index in [-0.39, 0.29) is 11.9 Å². The Morgan fingerprint density at radius 3 is 3.00 bits per heavy atom. The van der Waals surface area contributed by atoms with Crippen molar-refractivity contribution < 1.29 is 9.18 Å². The van der Waals surface area contributed by atoms with Crippen molar-refractivity contribution in [1.29, 1.82) is 0 Å². The average Bonchev–Trinajstić information content (AvgIpc) is 2.98. The van der Waals surface area contributed by atoms with Gasteiger partial charge in [-0.1, -0.05) is 11.6 Å². The molecule has 1 aliphatic heterocycles. The Morgan fingerprint density at radius 2 is 2.30 bits per heavy atom. The fourth-order valence-corrected chi connectivity index (χ4v) is 2.67. The van der Waals surface area contributed by atoms with Gasteiger partial charge < -0.3 is 9.88 Å². The van der Waals surface area contributed by atoms with Gasteiger partial charge in [-0.15, -0.1) is 0 Å². The van der Waals surface area contributed by atoms with Gasteiger partial charge in [-0.3, -0.25) is 4.79 Å². The summed E-state index contributed by atoms with van der Waals surface area (Å²) in [5, 5.41) is 3.24. The predicted octanol–water partition coefficient (Wildman–Crippen LogP) is 2.62. The van der Waals surface area contributed by atoms with E-state index in [1.54, 1.807) is 12.3 Å². The van der Waals surface area contributed by atoms with Gasteiger partial charge in [0.15, 0.2) is 0 Å². The van der Waals surface area contributed by atoms with Crippen LogP contribution in [0, 0.1) is 5.82 Å². The summed E-state index contributed by atoms with van der Waals surface area (Å²) in [5.41, 5.74) is 0.629. The zero-order chi connectivity index (χ0) is 14.1. The van der Waals surface area contributed by atoms with E-state index in [9.17, 15) is 9.18 Å². The van der Waals surface area contributed by atoms with Crippen LogP contribution in [0.1, 0.15) is 12.8 Å². The van der Waals surface area contributed by atoms with Gasteiger partial charge >= 0.3 is 0 Å². The van der Waals surface area contributed by atoms with Crippen LogP contribution in [0.4, 0.5) is 4.39 Å². The standard InChI is InChI=1S/C14H13ClFN3O/c15-10-5-9(6-11(16)7-10)14-17-3-4-19(14)8-12-1-2-13(20)18-12/h3-7,12H,1-2,8H2,(H,18,20). The number of amides is 1. The summed E-state index contributed by atoms with van der Waals surface area (Å²) in [4.78, 5) is 15.5. The van der Waals surface area contributed by atoms with Gasteiger partial charge in [-0.2, -0.15) is 0 Å². The second-order valence-electron chi connectivity index (χ2n) is 4.86. The second kappa shape index (κ2) is 5.25. The van der Waals surface area contributed by atoms with Crippen LogP contribution in [0.3, 0.4) is 0 Å². The molecule has 2 heterocycles. The van der Waals surface area contributed by atoms with Crippen LogP contribution in [-0.2, 0) is 11.3 Å². The van der Waals surface area contributed by atoms with Crippen molar-refractivity contribution in [2.75, 3.05) is 0 Å². The van der Waals surface area contributed by atoms with Crippen molar-refractivity contribution in [2.45, 2.75) is 25.4 Å². The molecular formula is C14H13ClFN3O. The zero-order valence-electron chi connectivity index (χ0n) is 10.6. The van der Waals surface area contributed by atoms with E-state index >= 15 is 0 Å². The maximum Gasteiger partial charge on any atom is 0.220 e. The molecule has 1 atom stereocenters. The third-order valence-electron chi connectivity index (χ3n) is 3.34. The smallest absolute Gasteiger partial charge is 0.220 e. The lowest BCUT2D eigenvalue weighted by molar-refractivity contribution is -0.119. The number of carbonyl (C=O) groups excluding carboxylic acids is 1. The van der Waals surface area contributed by atoms with Gasteiger partial charge in [-0.25, -0.2) is 9.37 Å². The van der Waals surface area contributed by atoms with E-state index in [1.165, 1.54) is 12.1 Å². The Balaban J connectivity index is 1.87. The molecule has 2 aromatic rings. The number of aromatic nitrogens is 2. The molecule has 20 heavy (non-hydrogen) atoms. The molecule has 1 unspecified atom stereocenters. The molecule has 6 heteroatoms. The Hall–Kier alpha value is -1.88. The van der Waals surface area contributed by atoms with E-state index in [0.29, 0.717) is 29.4 Å². The van der Waals surface area contributed by atoms with Crippen molar-refractivity contribution in [3.05, 3.63) is 41.4 Å². The number of imidazole rings is 1. The second-order valence-corrected chi connectivity index (χ2v) is 5.30. The first-order chi connectivity index (χ1) is 9.61. The van der Waals surface area contributed by atoms with Crippen LogP contribution in [-0.4, -0.2) is 21.5 Å². The quantitative estimate of drug-likeness (QED) is 0.945. The predicted molar refractivity (Wildman–Crippen MR) is 73.8 cm³/mol. The summed E-state index contributed by atoms with van der Waals surface area (Å²) >= 11 is 5.87. The van der Waals surface area contributed by atoms with Crippen LogP contribution in [0.2, 0.25) is 5.02 Å². The van der Waals surface area contributed by atoms with Crippen LogP contribution >= 0.6 is 11.6 Å². The Labute approximate surface area is 120 Å². The van der Waals surface area contributed by atoms with Crippen LogP contribution < -0.4 is 5.32 Å². The number of carbonyl (C=O) groups is 1. The highest BCUT2D eigenvalue weighted by atomic mass is 35.5. The molecule has 0 aliphatic carbocycles. The number of halogens is 2. The van der Waals surface area contributed by atoms with Gasteiger partial charge in [0.2, 0.25) is 5.91 Å². The summed E-state index contributed by atoms with van der Waals surface area (Å²) in [7, 11) is 0. The van der Waals surface area contributed by atoms with Crippen LogP contribution in [0.25, 0.3) is 11.4 Å². The number of rotatable bonds is 3. The van der Waals surface area contributed by atoms with Crippen molar-refractivity contribution in [3.8, 4) is 11.4 Å². The molecule has 4 nitrogen and oxygen atoms in total. The highest BCUT2D eigenvalue weighted by Gasteiger charge is 2.22. The van der Waals surface area contributed by atoms with Gasteiger partial charge in [0.1, 0.15) is 11.6 Å². The Morgan fingerprint density at radius 1 is 1.45 bits per heavy atom. The van der Waals surface area contributed by atoms with E-state index < -0.39 is 5.82 Å². The van der Waals surface area contributed by atoms with Crippen LogP contribution in [0.5, 0.6) is 0 Å². The summed E-state index contributed by atoms with van der Waals surface area (Å²) in [6.07, 6.45) is 4.84. The summed E-state index contributed by atoms with van der Waals surface area (Å²) in [6, 6.07) is 4.43. The SMILES string of the molecule is O=C1CCC(Cn2ccnc2-c2cc(F)cc(Cl)c2)N1. The van der Waals surface area contributed by atoms with Gasteiger partial charge in [-0.05, 0) is 24.6 Å². The van der Waals surface area contributed by atoms with Gasteiger partial charge in [0.05, 0.1) is 0 Å². The lowest BCUT2D eigenvalue weighted by Crippen LogP contribution is -2.29. The first-order valence-corrected chi connectivity index (χ1v) is 6.76. The minimum absolute atomic E-state index is 0.0745. The molecule has 0 spiro atoms. The fraction of sp³-hybridized carbons (Fsp3) is 0.286. The molecule has 1 N–H and O–H groups in total. The monoisotopic (exact) mass is 293 g/mol. The number of nitrogens with zero attached hydrogens (tertiary/aromatic N) is 2. The highest BCUT2D eigenvalue weighted by molar-refractivity contribution is 6.30. The zero-order valence-corrected chi connectivity index (χ0v) is 11.4. The summed E-state index contributed by atoms with van der Waals surface area (Å²) in [6.45, 7) is 0.620. The normalized spacial score (nSPS) is 18.3. The van der Waals surface area contributed by atoms with Gasteiger partial charge in [0.25, 0.3) is 0 Å². The molecule has 104 valence electrons. The third kappa shape index (κ3) is 2.67. The molecular weight excluding hydrogens is 281 g/mol.